The van der Waals surface area contributed by atoms with Crippen molar-refractivity contribution in [1.29, 1.82) is 0 Å². The number of nitrogens with one attached hydrogen (secondary N) is 1. The number of amides is 1. The zero-order chi connectivity index (χ0) is 23.9. The van der Waals surface area contributed by atoms with E-state index in [1.165, 1.54) is 19.9 Å². The molecular weight excluding hydrogens is 441 g/mol. The van der Waals surface area contributed by atoms with E-state index >= 15 is 0 Å². The summed E-state index contributed by atoms with van der Waals surface area (Å²) in [6, 6.07) is 8.99. The Morgan fingerprint density at radius 2 is 1.62 bits per heavy atom. The van der Waals surface area contributed by atoms with Gasteiger partial charge in [0.15, 0.2) is 0 Å². The number of aryl methyl sites for hydroxylation is 2. The number of hydrogen-bond donors (Lipinski definition) is 1. The maximum absolute atomic E-state index is 14.5. The molecule has 3 nitrogen and oxygen atoms in total. The monoisotopic (exact) mass is 458 g/mol. The lowest BCUT2D eigenvalue weighted by atomic mass is 9.89. The number of alkyl halides is 7. The molecule has 2 aromatic carbocycles. The molecule has 170 valence electrons. The van der Waals surface area contributed by atoms with Gasteiger partial charge < -0.3 is 5.32 Å². The van der Waals surface area contributed by atoms with Gasteiger partial charge in [0.05, 0.1) is 5.52 Å². The third kappa shape index (κ3) is 4.01. The minimum atomic E-state index is -6.22. The Kier molecular flexibility index (Phi) is 5.92. The van der Waals surface area contributed by atoms with E-state index in [4.69, 9.17) is 0 Å². The molecule has 0 saturated heterocycles. The standard InChI is InChI=1S/C22H17F7N2O/c1-3-13-11-16(20(23,21(24,25)26)22(27,28)29)9-12(2)18(13)31-19(32)15-6-7-17-14(10-15)5-4-8-30-17/h4-11H,3H2,1-2H3,(H,31,32). The van der Waals surface area contributed by atoms with Crippen molar-refractivity contribution >= 4 is 22.5 Å². The highest BCUT2D eigenvalue weighted by atomic mass is 19.4. The van der Waals surface area contributed by atoms with Crippen LogP contribution in [-0.4, -0.2) is 23.2 Å². The first-order valence-electron chi connectivity index (χ1n) is 9.42. The number of halogens is 7. The van der Waals surface area contributed by atoms with Crippen LogP contribution in [0.15, 0.2) is 48.7 Å². The number of benzene rings is 2. The van der Waals surface area contributed by atoms with Crippen molar-refractivity contribution in [1.82, 2.24) is 4.98 Å². The molecule has 0 atom stereocenters. The molecule has 3 rings (SSSR count). The van der Waals surface area contributed by atoms with Crippen LogP contribution in [0, 0.1) is 6.92 Å². The first-order chi connectivity index (χ1) is 14.8. The molecule has 0 bridgehead atoms. The molecule has 1 heterocycles. The number of hydrogen-bond acceptors (Lipinski definition) is 2. The van der Waals surface area contributed by atoms with Crippen LogP contribution in [0.5, 0.6) is 0 Å². The van der Waals surface area contributed by atoms with Gasteiger partial charge in [0.25, 0.3) is 5.91 Å². The van der Waals surface area contributed by atoms with Crippen LogP contribution < -0.4 is 5.32 Å². The Morgan fingerprint density at radius 1 is 0.969 bits per heavy atom. The van der Waals surface area contributed by atoms with E-state index in [2.05, 4.69) is 10.3 Å². The highest BCUT2D eigenvalue weighted by Crippen LogP contribution is 2.53. The van der Waals surface area contributed by atoms with Gasteiger partial charge in [0.2, 0.25) is 0 Å². The van der Waals surface area contributed by atoms with Crippen LogP contribution in [0.25, 0.3) is 10.9 Å². The lowest BCUT2D eigenvalue weighted by Gasteiger charge is -2.31. The Labute approximate surface area is 178 Å². The fourth-order valence-corrected chi connectivity index (χ4v) is 3.41. The summed E-state index contributed by atoms with van der Waals surface area (Å²) in [4.78, 5) is 16.8. The van der Waals surface area contributed by atoms with Gasteiger partial charge in [0, 0.05) is 28.4 Å². The summed E-state index contributed by atoms with van der Waals surface area (Å²) < 4.78 is 93.4. The van der Waals surface area contributed by atoms with Gasteiger partial charge >= 0.3 is 18.0 Å². The van der Waals surface area contributed by atoms with Crippen molar-refractivity contribution in [2.75, 3.05) is 5.32 Å². The van der Waals surface area contributed by atoms with E-state index in [0.717, 1.165) is 0 Å². The van der Waals surface area contributed by atoms with Gasteiger partial charge in [-0.25, -0.2) is 4.39 Å². The fourth-order valence-electron chi connectivity index (χ4n) is 3.41. The number of anilines is 1. The molecule has 10 heteroatoms. The van der Waals surface area contributed by atoms with Crippen LogP contribution in [0.2, 0.25) is 0 Å². The first kappa shape index (κ1) is 23.5. The van der Waals surface area contributed by atoms with Gasteiger partial charge in [-0.3, -0.25) is 9.78 Å². The second-order valence-electron chi connectivity index (χ2n) is 7.20. The first-order valence-corrected chi connectivity index (χ1v) is 9.42. The van der Waals surface area contributed by atoms with Crippen LogP contribution in [-0.2, 0) is 12.1 Å². The molecule has 1 N–H and O–H groups in total. The molecule has 0 saturated carbocycles. The lowest BCUT2D eigenvalue weighted by molar-refractivity contribution is -0.348. The van der Waals surface area contributed by atoms with Gasteiger partial charge in [0.1, 0.15) is 0 Å². The Hall–Kier alpha value is -3.17. The Morgan fingerprint density at radius 3 is 2.22 bits per heavy atom. The van der Waals surface area contributed by atoms with E-state index in [-0.39, 0.29) is 28.8 Å². The predicted octanol–water partition coefficient (Wildman–Crippen LogP) is 6.65. The van der Waals surface area contributed by atoms with Crippen molar-refractivity contribution in [2.45, 2.75) is 38.3 Å². The topological polar surface area (TPSA) is 42.0 Å². The molecule has 3 aromatic rings. The second-order valence-corrected chi connectivity index (χ2v) is 7.20. The molecule has 0 aliphatic heterocycles. The number of carbonyl (C=O) groups excluding carboxylic acids is 1. The molecular formula is C22H17F7N2O. The van der Waals surface area contributed by atoms with Crippen LogP contribution >= 0.6 is 0 Å². The molecule has 1 amide bonds. The number of aromatic nitrogens is 1. The summed E-state index contributed by atoms with van der Waals surface area (Å²) in [6.07, 6.45) is -10.9. The summed E-state index contributed by atoms with van der Waals surface area (Å²) in [5.41, 5.74) is -6.44. The SMILES string of the molecule is CCc1cc(C(F)(C(F)(F)F)C(F)(F)F)cc(C)c1NC(=O)c1ccc2ncccc2c1. The molecule has 1 aromatic heterocycles. The zero-order valence-corrected chi connectivity index (χ0v) is 16.8. The molecule has 0 radical (unpaired) electrons. The normalized spacial score (nSPS) is 12.8. The van der Waals surface area contributed by atoms with Crippen LogP contribution in [0.3, 0.4) is 0 Å². The average molecular weight is 458 g/mol. The summed E-state index contributed by atoms with van der Waals surface area (Å²) in [5, 5.41) is 3.19. The van der Waals surface area contributed by atoms with Crippen molar-refractivity contribution in [3.8, 4) is 0 Å². The number of rotatable bonds is 4. The predicted molar refractivity (Wildman–Crippen MR) is 105 cm³/mol. The van der Waals surface area contributed by atoms with Crippen molar-refractivity contribution < 1.29 is 35.5 Å². The van der Waals surface area contributed by atoms with Crippen molar-refractivity contribution in [2.24, 2.45) is 0 Å². The highest BCUT2D eigenvalue weighted by molar-refractivity contribution is 6.06. The summed E-state index contributed by atoms with van der Waals surface area (Å²) in [5.74, 6) is -0.626. The zero-order valence-electron chi connectivity index (χ0n) is 16.8. The smallest absolute Gasteiger partial charge is 0.321 e. The molecule has 32 heavy (non-hydrogen) atoms. The average Bonchev–Trinajstić information content (AvgIpc) is 2.72. The Balaban J connectivity index is 2.03. The number of carbonyl (C=O) groups is 1. The molecule has 0 unspecified atom stereocenters. The molecule has 0 aliphatic carbocycles. The van der Waals surface area contributed by atoms with Gasteiger partial charge in [-0.15, -0.1) is 0 Å². The van der Waals surface area contributed by atoms with E-state index in [0.29, 0.717) is 23.0 Å². The van der Waals surface area contributed by atoms with Crippen LogP contribution in [0.1, 0.15) is 34.0 Å². The van der Waals surface area contributed by atoms with E-state index in [9.17, 15) is 35.5 Å². The van der Waals surface area contributed by atoms with E-state index in [1.54, 1.807) is 30.5 Å². The van der Waals surface area contributed by atoms with Gasteiger partial charge in [-0.2, -0.15) is 26.3 Å². The lowest BCUT2D eigenvalue weighted by Crippen LogP contribution is -2.50. The number of pyridine rings is 1. The molecule has 0 aliphatic rings. The summed E-state index contributed by atoms with van der Waals surface area (Å²) in [6.45, 7) is 2.67. The van der Waals surface area contributed by atoms with Gasteiger partial charge in [-0.05, 0) is 54.8 Å². The maximum Gasteiger partial charge on any atom is 0.435 e. The third-order valence-corrected chi connectivity index (χ3v) is 5.08. The fraction of sp³-hybridized carbons (Fsp3) is 0.273. The molecule has 0 spiro atoms. The Bertz CT molecular complexity index is 1160. The number of nitrogens with zero attached hydrogens (tertiary/aromatic N) is 1. The third-order valence-electron chi connectivity index (χ3n) is 5.08. The second kappa shape index (κ2) is 8.07. The van der Waals surface area contributed by atoms with Crippen molar-refractivity contribution in [3.05, 3.63) is 70.9 Å². The molecule has 0 fully saturated rings. The minimum absolute atomic E-state index is 0.0271. The van der Waals surface area contributed by atoms with E-state index < -0.39 is 29.5 Å². The quantitative estimate of drug-likeness (QED) is 0.445. The highest BCUT2D eigenvalue weighted by Gasteiger charge is 2.73. The van der Waals surface area contributed by atoms with Crippen LogP contribution in [0.4, 0.5) is 36.4 Å². The summed E-state index contributed by atoms with van der Waals surface area (Å²) >= 11 is 0. The van der Waals surface area contributed by atoms with Crippen molar-refractivity contribution in [3.63, 3.8) is 0 Å². The van der Waals surface area contributed by atoms with Gasteiger partial charge in [-0.1, -0.05) is 19.1 Å². The minimum Gasteiger partial charge on any atom is -0.321 e. The van der Waals surface area contributed by atoms with E-state index in [1.807, 2.05) is 0 Å². The number of fused-ring (bicyclic) bond motifs is 1. The summed E-state index contributed by atoms with van der Waals surface area (Å²) in [7, 11) is 0. The largest absolute Gasteiger partial charge is 0.435 e. The maximum atomic E-state index is 14.5.